The number of carbonyl (C=O) groups excluding carboxylic acids is 2. The summed E-state index contributed by atoms with van der Waals surface area (Å²) in [6.07, 6.45) is 1.04. The molecule has 2 heterocycles. The summed E-state index contributed by atoms with van der Waals surface area (Å²) in [5.41, 5.74) is 1.36. The molecule has 3 aromatic carbocycles. The molecule has 2 aliphatic rings. The second-order valence-corrected chi connectivity index (χ2v) is 11.2. The minimum atomic E-state index is -0.979. The van der Waals surface area contributed by atoms with Crippen molar-refractivity contribution in [2.45, 2.75) is 50.8 Å². The fraction of sp³-hybridized carbons (Fsp3) is 0.375. The van der Waals surface area contributed by atoms with Crippen molar-refractivity contribution in [3.05, 3.63) is 70.8 Å². The molecule has 42 heavy (non-hydrogen) atoms. The number of rotatable bonds is 7. The normalized spacial score (nSPS) is 20.4. The second-order valence-electron chi connectivity index (χ2n) is 11.2. The van der Waals surface area contributed by atoms with Crippen LogP contribution in [0.4, 0.5) is 4.79 Å². The molecule has 0 radical (unpaired) electrons. The first kappa shape index (κ1) is 28.9. The highest BCUT2D eigenvalue weighted by Gasteiger charge is 2.50. The van der Waals surface area contributed by atoms with Gasteiger partial charge < -0.3 is 39.1 Å². The minimum absolute atomic E-state index is 0.104. The molecule has 1 saturated heterocycles. The van der Waals surface area contributed by atoms with Crippen LogP contribution in [0, 0.1) is 6.92 Å². The lowest BCUT2D eigenvalue weighted by Crippen LogP contribution is -2.69. The summed E-state index contributed by atoms with van der Waals surface area (Å²) >= 11 is 0. The van der Waals surface area contributed by atoms with E-state index in [9.17, 15) is 9.59 Å². The Bertz CT molecular complexity index is 1490. The van der Waals surface area contributed by atoms with Crippen LogP contribution >= 0.6 is 0 Å². The van der Waals surface area contributed by atoms with Crippen molar-refractivity contribution in [1.29, 1.82) is 0 Å². The monoisotopic (exact) mass is 576 g/mol. The van der Waals surface area contributed by atoms with Gasteiger partial charge in [-0.3, -0.25) is 0 Å². The van der Waals surface area contributed by atoms with E-state index in [-0.39, 0.29) is 17.5 Å². The van der Waals surface area contributed by atoms with Crippen LogP contribution in [0.5, 0.6) is 34.5 Å². The highest BCUT2D eigenvalue weighted by atomic mass is 16.5. The van der Waals surface area contributed by atoms with Gasteiger partial charge in [-0.2, -0.15) is 0 Å². The molecule has 0 saturated carbocycles. The molecule has 0 bridgehead atoms. The predicted molar refractivity (Wildman–Crippen MR) is 155 cm³/mol. The summed E-state index contributed by atoms with van der Waals surface area (Å²) in [7, 11) is 6.08. The molecule has 222 valence electrons. The zero-order valence-corrected chi connectivity index (χ0v) is 24.9. The predicted octanol–water partition coefficient (Wildman–Crippen LogP) is 5.34. The lowest BCUT2D eigenvalue weighted by molar-refractivity contribution is -0.0241. The number of amides is 2. The second kappa shape index (κ2) is 11.0. The van der Waals surface area contributed by atoms with Crippen LogP contribution in [-0.4, -0.2) is 51.7 Å². The maximum absolute atomic E-state index is 13.3. The van der Waals surface area contributed by atoms with Crippen LogP contribution in [0.3, 0.4) is 0 Å². The van der Waals surface area contributed by atoms with E-state index in [1.165, 1.54) is 33.5 Å². The lowest BCUT2D eigenvalue weighted by atomic mass is 9.76. The Morgan fingerprint density at radius 1 is 0.881 bits per heavy atom. The van der Waals surface area contributed by atoms with Gasteiger partial charge in [-0.25, -0.2) is 9.59 Å². The van der Waals surface area contributed by atoms with Crippen LogP contribution in [0.15, 0.2) is 48.5 Å². The summed E-state index contributed by atoms with van der Waals surface area (Å²) < 4.78 is 34.1. The first-order valence-corrected chi connectivity index (χ1v) is 13.6. The Morgan fingerprint density at radius 3 is 2.12 bits per heavy atom. The van der Waals surface area contributed by atoms with Gasteiger partial charge in [0.2, 0.25) is 5.75 Å². The molecule has 1 spiro atoms. The van der Waals surface area contributed by atoms with Gasteiger partial charge in [0.05, 0.1) is 34.0 Å². The molecule has 0 aliphatic carbocycles. The molecule has 2 N–H and O–H groups in total. The first-order chi connectivity index (χ1) is 20.0. The fourth-order valence-corrected chi connectivity index (χ4v) is 5.92. The molecule has 10 heteroatoms. The van der Waals surface area contributed by atoms with Gasteiger partial charge in [0.15, 0.2) is 17.2 Å². The number of ether oxygens (including phenoxy) is 6. The molecule has 1 fully saturated rings. The lowest BCUT2D eigenvalue weighted by Gasteiger charge is -2.49. The van der Waals surface area contributed by atoms with Crippen molar-refractivity contribution in [1.82, 2.24) is 10.6 Å². The summed E-state index contributed by atoms with van der Waals surface area (Å²) in [5.74, 6) is 1.98. The minimum Gasteiger partial charge on any atom is -0.497 e. The van der Waals surface area contributed by atoms with E-state index in [2.05, 4.69) is 10.6 Å². The Kier molecular flexibility index (Phi) is 7.57. The SMILES string of the molecule is COc1ccc(C2CC3(CC(C)(C)NC(=O)N3)Oc3c2ccc(OC(=O)c2cc(OC)c(OC)c(OC)c2)c3C)cc1. The highest BCUT2D eigenvalue weighted by Crippen LogP contribution is 2.50. The van der Waals surface area contributed by atoms with Gasteiger partial charge in [-0.1, -0.05) is 18.2 Å². The highest BCUT2D eigenvalue weighted by molar-refractivity contribution is 5.93. The Labute approximate surface area is 245 Å². The molecular weight excluding hydrogens is 540 g/mol. The smallest absolute Gasteiger partial charge is 0.343 e. The van der Waals surface area contributed by atoms with Crippen LogP contribution in [-0.2, 0) is 0 Å². The maximum Gasteiger partial charge on any atom is 0.343 e. The maximum atomic E-state index is 13.3. The average Bonchev–Trinajstić information content (AvgIpc) is 2.96. The van der Waals surface area contributed by atoms with Crippen LogP contribution < -0.4 is 39.1 Å². The number of benzene rings is 3. The van der Waals surface area contributed by atoms with E-state index >= 15 is 0 Å². The van der Waals surface area contributed by atoms with E-state index in [0.717, 1.165) is 16.9 Å². The van der Waals surface area contributed by atoms with Crippen LogP contribution in [0.1, 0.15) is 59.7 Å². The van der Waals surface area contributed by atoms with E-state index in [1.807, 2.05) is 51.1 Å². The van der Waals surface area contributed by atoms with Gasteiger partial charge in [-0.15, -0.1) is 0 Å². The summed E-state index contributed by atoms with van der Waals surface area (Å²) in [4.78, 5) is 26.1. The number of fused-ring (bicyclic) bond motifs is 1. The van der Waals surface area contributed by atoms with Gasteiger partial charge in [0.25, 0.3) is 0 Å². The Balaban J connectivity index is 1.55. The topological polar surface area (TPSA) is 114 Å². The molecule has 5 rings (SSSR count). The number of urea groups is 1. The average molecular weight is 577 g/mol. The van der Waals surface area contributed by atoms with Crippen LogP contribution in [0.2, 0.25) is 0 Å². The zero-order valence-electron chi connectivity index (χ0n) is 24.9. The summed E-state index contributed by atoms with van der Waals surface area (Å²) in [6.45, 7) is 5.78. The molecule has 2 aliphatic heterocycles. The Morgan fingerprint density at radius 2 is 1.55 bits per heavy atom. The van der Waals surface area contributed by atoms with Crippen LogP contribution in [0.25, 0.3) is 0 Å². The third-order valence-electron chi connectivity index (χ3n) is 7.74. The van der Waals surface area contributed by atoms with Crippen molar-refractivity contribution in [3.63, 3.8) is 0 Å². The summed E-state index contributed by atoms with van der Waals surface area (Å²) in [6, 6.07) is 14.3. The van der Waals surface area contributed by atoms with E-state index < -0.39 is 17.2 Å². The third-order valence-corrected chi connectivity index (χ3v) is 7.74. The van der Waals surface area contributed by atoms with E-state index in [4.69, 9.17) is 28.4 Å². The van der Waals surface area contributed by atoms with Crippen molar-refractivity contribution in [3.8, 4) is 34.5 Å². The number of hydrogen-bond acceptors (Lipinski definition) is 8. The Hall–Kier alpha value is -4.60. The van der Waals surface area contributed by atoms with Crippen molar-refractivity contribution in [2.24, 2.45) is 0 Å². The van der Waals surface area contributed by atoms with Gasteiger partial charge >= 0.3 is 12.0 Å². The molecular formula is C32H36N2O8. The first-order valence-electron chi connectivity index (χ1n) is 13.6. The molecule has 3 aromatic rings. The molecule has 0 aromatic heterocycles. The van der Waals surface area contributed by atoms with Crippen molar-refractivity contribution in [2.75, 3.05) is 28.4 Å². The largest absolute Gasteiger partial charge is 0.497 e. The standard InChI is InChI=1S/C32H36N2O8/c1-18-24(41-29(35)20-14-25(38-5)28(40-7)26(15-20)39-6)13-12-22-23(19-8-10-21(37-4)11-9-19)16-32(42-27(18)22)17-31(2,3)33-30(36)34-32/h8-15,23H,16-17H2,1-7H3,(H2,33,34,36). The van der Waals surface area contributed by atoms with Crippen molar-refractivity contribution < 1.29 is 38.0 Å². The number of methoxy groups -OCH3 is 4. The molecule has 2 atom stereocenters. The number of hydrogen-bond donors (Lipinski definition) is 2. The van der Waals surface area contributed by atoms with Gasteiger partial charge in [0, 0.05) is 35.4 Å². The number of carbonyl (C=O) groups is 2. The quantitative estimate of drug-likeness (QED) is 0.286. The molecule has 2 amide bonds. The van der Waals surface area contributed by atoms with Gasteiger partial charge in [0.1, 0.15) is 17.2 Å². The third kappa shape index (κ3) is 5.36. The zero-order chi connectivity index (χ0) is 30.2. The number of esters is 1. The van der Waals surface area contributed by atoms with Gasteiger partial charge in [-0.05, 0) is 56.7 Å². The molecule has 10 nitrogen and oxygen atoms in total. The summed E-state index contributed by atoms with van der Waals surface area (Å²) in [5, 5.41) is 6.03. The van der Waals surface area contributed by atoms with E-state index in [0.29, 0.717) is 47.2 Å². The molecule has 2 unspecified atom stereocenters. The fourth-order valence-electron chi connectivity index (χ4n) is 5.92. The van der Waals surface area contributed by atoms with E-state index in [1.54, 1.807) is 13.2 Å². The van der Waals surface area contributed by atoms with Crippen molar-refractivity contribution >= 4 is 12.0 Å². The number of nitrogens with one attached hydrogen (secondary N) is 2.